The van der Waals surface area contributed by atoms with Crippen LogP contribution >= 0.6 is 0 Å². The highest BCUT2D eigenvalue weighted by Gasteiger charge is 2.33. The predicted molar refractivity (Wildman–Crippen MR) is 57.8 cm³/mol. The molecule has 76 valence electrons. The second kappa shape index (κ2) is 2.97. The fourth-order valence-electron chi connectivity index (χ4n) is 2.11. The Labute approximate surface area is 87.9 Å². The maximum atomic E-state index is 4.34. The number of likely N-dealkylation sites (N-methyl/N-ethyl adjacent to an activating group) is 1. The SMILES string of the molecule is C=c1cc2c(cn1)=NC=[N+]2C1CN(C)C1. The number of aromatic nitrogens is 1. The topological polar surface area (TPSA) is 31.5 Å². The highest BCUT2D eigenvalue weighted by Crippen LogP contribution is 2.16. The van der Waals surface area contributed by atoms with E-state index in [0.29, 0.717) is 6.04 Å². The van der Waals surface area contributed by atoms with Crippen molar-refractivity contribution in [2.45, 2.75) is 6.04 Å². The summed E-state index contributed by atoms with van der Waals surface area (Å²) in [6, 6.07) is 2.56. The van der Waals surface area contributed by atoms with E-state index in [9.17, 15) is 0 Å². The molecule has 1 aromatic heterocycles. The maximum absolute atomic E-state index is 4.34. The zero-order valence-corrected chi connectivity index (χ0v) is 8.72. The number of hydrogen-bond acceptors (Lipinski definition) is 3. The van der Waals surface area contributed by atoms with Gasteiger partial charge in [0.2, 0.25) is 5.36 Å². The fraction of sp³-hybridized carbons (Fsp3) is 0.364. The van der Waals surface area contributed by atoms with Gasteiger partial charge in [0.15, 0.2) is 5.69 Å². The molecule has 0 bridgehead atoms. The third-order valence-corrected chi connectivity index (χ3v) is 2.96. The van der Waals surface area contributed by atoms with Gasteiger partial charge in [-0.1, -0.05) is 6.58 Å². The normalized spacial score (nSPS) is 20.5. The molecular weight excluding hydrogens is 188 g/mol. The molecule has 0 radical (unpaired) electrons. The Balaban J connectivity index is 2.00. The van der Waals surface area contributed by atoms with E-state index < -0.39 is 0 Å². The van der Waals surface area contributed by atoms with E-state index in [1.807, 2.05) is 12.4 Å². The molecule has 4 heteroatoms. The predicted octanol–water partition coefficient (Wildman–Crippen LogP) is -0.889. The van der Waals surface area contributed by atoms with Gasteiger partial charge >= 0.3 is 0 Å². The molecule has 0 aromatic carbocycles. The largest absolute Gasteiger partial charge is 0.298 e. The molecule has 15 heavy (non-hydrogen) atoms. The smallest absolute Gasteiger partial charge is 0.288 e. The molecule has 0 unspecified atom stereocenters. The fourth-order valence-corrected chi connectivity index (χ4v) is 2.11. The van der Waals surface area contributed by atoms with Gasteiger partial charge < -0.3 is 0 Å². The van der Waals surface area contributed by atoms with Crippen molar-refractivity contribution in [3.63, 3.8) is 0 Å². The van der Waals surface area contributed by atoms with E-state index in [0.717, 1.165) is 29.5 Å². The number of nitrogens with zero attached hydrogens (tertiary/aromatic N) is 4. The number of fused-ring (bicyclic) bond motifs is 1. The highest BCUT2D eigenvalue weighted by molar-refractivity contribution is 5.57. The molecule has 3 heterocycles. The first-order chi connectivity index (χ1) is 7.24. The Bertz CT molecular complexity index is 540. The van der Waals surface area contributed by atoms with Crippen LogP contribution in [-0.2, 0) is 0 Å². The molecule has 3 rings (SSSR count). The second-order valence-electron chi connectivity index (χ2n) is 4.19. The van der Waals surface area contributed by atoms with Crippen LogP contribution in [0.2, 0.25) is 0 Å². The molecule has 1 fully saturated rings. The molecule has 0 aliphatic carbocycles. The number of likely N-dealkylation sites (tertiary alicyclic amines) is 1. The summed E-state index contributed by atoms with van der Waals surface area (Å²) in [5, 5.41) is 1.76. The van der Waals surface area contributed by atoms with E-state index in [4.69, 9.17) is 0 Å². The third-order valence-electron chi connectivity index (χ3n) is 2.96. The molecule has 2 aliphatic heterocycles. The zero-order valence-electron chi connectivity index (χ0n) is 8.72. The van der Waals surface area contributed by atoms with E-state index in [2.05, 4.69) is 33.1 Å². The minimum atomic E-state index is 0.557. The van der Waals surface area contributed by atoms with Gasteiger partial charge in [-0.15, -0.1) is 0 Å². The Kier molecular flexibility index (Phi) is 1.73. The van der Waals surface area contributed by atoms with Crippen molar-refractivity contribution in [3.8, 4) is 0 Å². The van der Waals surface area contributed by atoms with Crippen LogP contribution in [0.5, 0.6) is 0 Å². The summed E-state index contributed by atoms with van der Waals surface area (Å²) in [5.41, 5.74) is 1.15. The lowest BCUT2D eigenvalue weighted by molar-refractivity contribution is -0.498. The first-order valence-corrected chi connectivity index (χ1v) is 5.07. The molecule has 0 atom stereocenters. The summed E-state index contributed by atoms with van der Waals surface area (Å²) in [5.74, 6) is 0. The second-order valence-corrected chi connectivity index (χ2v) is 4.19. The van der Waals surface area contributed by atoms with Gasteiger partial charge in [0.1, 0.15) is 6.04 Å². The molecule has 1 saturated heterocycles. The van der Waals surface area contributed by atoms with Gasteiger partial charge in [-0.05, 0) is 12.0 Å². The van der Waals surface area contributed by atoms with Crippen LogP contribution < -0.4 is 10.7 Å². The van der Waals surface area contributed by atoms with Crippen LogP contribution in [0.3, 0.4) is 0 Å². The molecule has 0 amide bonds. The van der Waals surface area contributed by atoms with Gasteiger partial charge in [0.05, 0.1) is 11.5 Å². The molecule has 4 nitrogen and oxygen atoms in total. The standard InChI is InChI=1S/C11H13N4/c1-8-3-11-10(4-12-8)13-7-15(11)9-5-14(2)6-9/h3-4,7,9H,1,5-6H2,2H3/q+1. The molecular formula is C11H13N4+. The van der Waals surface area contributed by atoms with Crippen LogP contribution in [-0.4, -0.2) is 47.0 Å². The van der Waals surface area contributed by atoms with Gasteiger partial charge in [0, 0.05) is 19.2 Å². The van der Waals surface area contributed by atoms with E-state index >= 15 is 0 Å². The summed E-state index contributed by atoms with van der Waals surface area (Å²) < 4.78 is 2.23. The Morgan fingerprint density at radius 1 is 1.53 bits per heavy atom. The lowest BCUT2D eigenvalue weighted by Gasteiger charge is -2.34. The van der Waals surface area contributed by atoms with Crippen molar-refractivity contribution in [1.82, 2.24) is 9.88 Å². The van der Waals surface area contributed by atoms with Crippen LogP contribution in [0.25, 0.3) is 6.58 Å². The van der Waals surface area contributed by atoms with Crippen molar-refractivity contribution in [3.05, 3.63) is 23.0 Å². The number of hydrogen-bond donors (Lipinski definition) is 0. The lowest BCUT2D eigenvalue weighted by Crippen LogP contribution is -2.53. The molecule has 0 N–H and O–H groups in total. The summed E-state index contributed by atoms with van der Waals surface area (Å²) in [7, 11) is 2.13. The van der Waals surface area contributed by atoms with E-state index in [1.165, 1.54) is 0 Å². The molecule has 0 saturated carbocycles. The van der Waals surface area contributed by atoms with Crippen molar-refractivity contribution in [2.24, 2.45) is 4.99 Å². The first-order valence-electron chi connectivity index (χ1n) is 5.07. The average Bonchev–Trinajstić information content (AvgIpc) is 2.56. The van der Waals surface area contributed by atoms with Crippen LogP contribution in [0.1, 0.15) is 0 Å². The summed E-state index contributed by atoms with van der Waals surface area (Å²) in [4.78, 5) is 10.8. The number of pyridine rings is 1. The van der Waals surface area contributed by atoms with Crippen LogP contribution in [0.15, 0.2) is 17.3 Å². The average molecular weight is 201 g/mol. The van der Waals surface area contributed by atoms with Crippen LogP contribution in [0, 0.1) is 0 Å². The van der Waals surface area contributed by atoms with Gasteiger partial charge in [-0.3, -0.25) is 9.88 Å². The minimum Gasteiger partial charge on any atom is -0.298 e. The maximum Gasteiger partial charge on any atom is 0.288 e. The van der Waals surface area contributed by atoms with Gasteiger partial charge in [0.25, 0.3) is 6.34 Å². The van der Waals surface area contributed by atoms with Crippen molar-refractivity contribution in [2.75, 3.05) is 20.1 Å². The number of rotatable bonds is 1. The first kappa shape index (κ1) is 8.73. The van der Waals surface area contributed by atoms with Crippen LogP contribution in [0.4, 0.5) is 5.69 Å². The quantitative estimate of drug-likeness (QED) is 0.552. The van der Waals surface area contributed by atoms with Gasteiger partial charge in [-0.25, -0.2) is 4.58 Å². The Hall–Kier alpha value is -1.55. The molecule has 2 aliphatic rings. The monoisotopic (exact) mass is 201 g/mol. The van der Waals surface area contributed by atoms with Gasteiger partial charge in [-0.2, -0.15) is 0 Å². The van der Waals surface area contributed by atoms with E-state index in [-0.39, 0.29) is 0 Å². The summed E-state index contributed by atoms with van der Waals surface area (Å²) in [6.45, 7) is 6.04. The van der Waals surface area contributed by atoms with Crippen molar-refractivity contribution >= 4 is 18.6 Å². The van der Waals surface area contributed by atoms with E-state index in [1.54, 1.807) is 6.20 Å². The highest BCUT2D eigenvalue weighted by atomic mass is 15.3. The third kappa shape index (κ3) is 1.29. The Morgan fingerprint density at radius 2 is 2.33 bits per heavy atom. The molecule has 1 aromatic rings. The summed E-state index contributed by atoms with van der Waals surface area (Å²) in [6.07, 6.45) is 3.69. The van der Waals surface area contributed by atoms with Crippen molar-refractivity contribution in [1.29, 1.82) is 0 Å². The lowest BCUT2D eigenvalue weighted by atomic mass is 10.1. The van der Waals surface area contributed by atoms with Crippen molar-refractivity contribution < 1.29 is 4.58 Å². The molecule has 0 spiro atoms. The summed E-state index contributed by atoms with van der Waals surface area (Å²) >= 11 is 0. The Morgan fingerprint density at radius 3 is 3.07 bits per heavy atom. The minimum absolute atomic E-state index is 0.557. The zero-order chi connectivity index (χ0) is 10.4.